The maximum absolute atomic E-state index is 13.0. The molecular formula is C23H23FN2O4S. The van der Waals surface area contributed by atoms with Crippen molar-refractivity contribution in [1.29, 1.82) is 0 Å². The first kappa shape index (κ1) is 22.4. The summed E-state index contributed by atoms with van der Waals surface area (Å²) in [5.74, 6) is -0.603. The molecule has 0 radical (unpaired) electrons. The van der Waals surface area contributed by atoms with E-state index in [-0.39, 0.29) is 18.3 Å². The molecule has 2 aromatic carbocycles. The second-order valence-corrected chi connectivity index (χ2v) is 8.10. The minimum atomic E-state index is -0.641. The van der Waals surface area contributed by atoms with Gasteiger partial charge in [-0.2, -0.15) is 0 Å². The Hall–Kier alpha value is -3.26. The van der Waals surface area contributed by atoms with E-state index in [1.807, 2.05) is 39.0 Å². The van der Waals surface area contributed by atoms with E-state index in [9.17, 15) is 14.0 Å². The highest BCUT2D eigenvalue weighted by Crippen LogP contribution is 2.27. The number of anilines is 1. The van der Waals surface area contributed by atoms with Gasteiger partial charge in [-0.3, -0.25) is 10.1 Å². The zero-order valence-corrected chi connectivity index (χ0v) is 18.3. The van der Waals surface area contributed by atoms with Crippen molar-refractivity contribution in [2.45, 2.75) is 26.7 Å². The smallest absolute Gasteiger partial charge is 0.344 e. The van der Waals surface area contributed by atoms with Crippen LogP contribution in [0.25, 0.3) is 11.3 Å². The number of aromatic nitrogens is 1. The fourth-order valence-corrected chi connectivity index (χ4v) is 3.54. The van der Waals surface area contributed by atoms with Crippen molar-refractivity contribution >= 4 is 28.3 Å². The molecule has 0 aliphatic heterocycles. The Balaban J connectivity index is 1.47. The van der Waals surface area contributed by atoms with Gasteiger partial charge in [0.15, 0.2) is 18.3 Å². The minimum absolute atomic E-state index is 0.246. The van der Waals surface area contributed by atoms with Crippen molar-refractivity contribution < 1.29 is 23.5 Å². The van der Waals surface area contributed by atoms with Gasteiger partial charge in [0.2, 0.25) is 0 Å². The van der Waals surface area contributed by atoms with Crippen LogP contribution in [0, 0.1) is 12.7 Å². The molecule has 1 heterocycles. The van der Waals surface area contributed by atoms with Crippen LogP contribution in [0.5, 0.6) is 5.75 Å². The molecule has 1 aromatic heterocycles. The SMILES string of the molecule is Cc1ccc(C(C)C)c(OCC(=O)OCC(=O)Nc2nc(-c3ccc(F)cc3)cs2)c1. The summed E-state index contributed by atoms with van der Waals surface area (Å²) in [4.78, 5) is 28.3. The lowest BCUT2D eigenvalue weighted by atomic mass is 10.0. The highest BCUT2D eigenvalue weighted by atomic mass is 32.1. The van der Waals surface area contributed by atoms with Gasteiger partial charge in [0.1, 0.15) is 11.6 Å². The van der Waals surface area contributed by atoms with E-state index in [4.69, 9.17) is 9.47 Å². The highest BCUT2D eigenvalue weighted by Gasteiger charge is 2.13. The number of esters is 1. The van der Waals surface area contributed by atoms with E-state index in [1.54, 1.807) is 17.5 Å². The van der Waals surface area contributed by atoms with Crippen molar-refractivity contribution in [2.75, 3.05) is 18.5 Å². The Morgan fingerprint density at radius 1 is 1.13 bits per heavy atom. The second kappa shape index (κ2) is 10.2. The molecule has 3 rings (SSSR count). The molecule has 6 nitrogen and oxygen atoms in total. The molecule has 8 heteroatoms. The quantitative estimate of drug-likeness (QED) is 0.500. The summed E-state index contributed by atoms with van der Waals surface area (Å²) in [6.45, 7) is 5.29. The maximum atomic E-state index is 13.0. The Morgan fingerprint density at radius 3 is 2.58 bits per heavy atom. The van der Waals surface area contributed by atoms with Gasteiger partial charge < -0.3 is 9.47 Å². The molecule has 0 bridgehead atoms. The molecule has 0 saturated heterocycles. The molecule has 0 atom stereocenters. The van der Waals surface area contributed by atoms with E-state index in [0.29, 0.717) is 16.6 Å². The molecule has 1 N–H and O–H groups in total. The summed E-state index contributed by atoms with van der Waals surface area (Å²) in [7, 11) is 0. The molecule has 162 valence electrons. The summed E-state index contributed by atoms with van der Waals surface area (Å²) >= 11 is 1.22. The third-order valence-corrected chi connectivity index (χ3v) is 5.15. The normalized spacial score (nSPS) is 10.7. The largest absolute Gasteiger partial charge is 0.482 e. The molecule has 0 fully saturated rings. The van der Waals surface area contributed by atoms with Gasteiger partial charge in [-0.15, -0.1) is 11.3 Å². The number of carbonyl (C=O) groups excluding carboxylic acids is 2. The molecule has 0 aliphatic carbocycles. The van der Waals surface area contributed by atoms with Gasteiger partial charge in [0.05, 0.1) is 5.69 Å². The van der Waals surface area contributed by atoms with Gasteiger partial charge in [0.25, 0.3) is 5.91 Å². The monoisotopic (exact) mass is 442 g/mol. The number of rotatable bonds is 8. The third kappa shape index (κ3) is 6.36. The predicted octanol–water partition coefficient (Wildman–Crippen LogP) is 4.94. The zero-order chi connectivity index (χ0) is 22.4. The van der Waals surface area contributed by atoms with Crippen LogP contribution < -0.4 is 10.1 Å². The van der Waals surface area contributed by atoms with Crippen molar-refractivity contribution in [3.8, 4) is 17.0 Å². The molecule has 0 spiro atoms. The number of ether oxygens (including phenoxy) is 2. The Morgan fingerprint density at radius 2 is 1.87 bits per heavy atom. The van der Waals surface area contributed by atoms with Crippen LogP contribution in [0.15, 0.2) is 47.8 Å². The summed E-state index contributed by atoms with van der Waals surface area (Å²) in [6.07, 6.45) is 0. The fraction of sp³-hybridized carbons (Fsp3) is 0.261. The van der Waals surface area contributed by atoms with E-state index in [1.165, 1.54) is 23.5 Å². The molecule has 0 unspecified atom stereocenters. The Labute approximate surface area is 184 Å². The maximum Gasteiger partial charge on any atom is 0.344 e. The van der Waals surface area contributed by atoms with Crippen LogP contribution in [0.4, 0.5) is 9.52 Å². The summed E-state index contributed by atoms with van der Waals surface area (Å²) in [5.41, 5.74) is 3.37. The van der Waals surface area contributed by atoms with E-state index < -0.39 is 18.5 Å². The van der Waals surface area contributed by atoms with Gasteiger partial charge in [-0.1, -0.05) is 26.0 Å². The number of amides is 1. The van der Waals surface area contributed by atoms with Gasteiger partial charge in [0, 0.05) is 10.9 Å². The molecule has 31 heavy (non-hydrogen) atoms. The average molecular weight is 443 g/mol. The van der Waals surface area contributed by atoms with E-state index in [0.717, 1.165) is 16.7 Å². The topological polar surface area (TPSA) is 77.5 Å². The summed E-state index contributed by atoms with van der Waals surface area (Å²) in [5, 5.41) is 4.69. The van der Waals surface area contributed by atoms with Crippen LogP contribution in [-0.4, -0.2) is 30.1 Å². The fourth-order valence-electron chi connectivity index (χ4n) is 2.81. The number of benzene rings is 2. The molecule has 3 aromatic rings. The van der Waals surface area contributed by atoms with Crippen molar-refractivity contribution in [1.82, 2.24) is 4.98 Å². The lowest BCUT2D eigenvalue weighted by Gasteiger charge is -2.14. The van der Waals surface area contributed by atoms with Gasteiger partial charge in [-0.05, 0) is 54.3 Å². The lowest BCUT2D eigenvalue weighted by Crippen LogP contribution is -2.23. The average Bonchev–Trinajstić information content (AvgIpc) is 3.19. The van der Waals surface area contributed by atoms with Crippen LogP contribution in [0.1, 0.15) is 30.9 Å². The number of aryl methyl sites for hydroxylation is 1. The highest BCUT2D eigenvalue weighted by molar-refractivity contribution is 7.14. The van der Waals surface area contributed by atoms with Gasteiger partial charge >= 0.3 is 5.97 Å². The van der Waals surface area contributed by atoms with Gasteiger partial charge in [-0.25, -0.2) is 14.2 Å². The molecule has 0 aliphatic rings. The molecule has 1 amide bonds. The predicted molar refractivity (Wildman–Crippen MR) is 118 cm³/mol. The Kier molecular flexibility index (Phi) is 7.36. The zero-order valence-electron chi connectivity index (χ0n) is 17.5. The number of halogens is 1. The van der Waals surface area contributed by atoms with Crippen LogP contribution in [-0.2, 0) is 14.3 Å². The third-order valence-electron chi connectivity index (χ3n) is 4.39. The number of thiazole rings is 1. The van der Waals surface area contributed by atoms with Crippen molar-refractivity contribution in [2.24, 2.45) is 0 Å². The first-order valence-electron chi connectivity index (χ1n) is 9.72. The van der Waals surface area contributed by atoms with Crippen molar-refractivity contribution in [3.63, 3.8) is 0 Å². The van der Waals surface area contributed by atoms with Crippen LogP contribution >= 0.6 is 11.3 Å². The van der Waals surface area contributed by atoms with E-state index >= 15 is 0 Å². The first-order chi connectivity index (χ1) is 14.8. The lowest BCUT2D eigenvalue weighted by molar-refractivity contribution is -0.149. The number of carbonyl (C=O) groups is 2. The Bertz CT molecular complexity index is 1060. The summed E-state index contributed by atoms with van der Waals surface area (Å²) < 4.78 is 23.6. The molecule has 0 saturated carbocycles. The number of nitrogens with zero attached hydrogens (tertiary/aromatic N) is 1. The first-order valence-corrected chi connectivity index (χ1v) is 10.6. The molecular weight excluding hydrogens is 419 g/mol. The number of nitrogens with one attached hydrogen (secondary N) is 1. The number of hydrogen-bond donors (Lipinski definition) is 1. The minimum Gasteiger partial charge on any atom is -0.482 e. The van der Waals surface area contributed by atoms with E-state index in [2.05, 4.69) is 10.3 Å². The van der Waals surface area contributed by atoms with Crippen molar-refractivity contribution in [3.05, 3.63) is 64.8 Å². The number of hydrogen-bond acceptors (Lipinski definition) is 6. The van der Waals surface area contributed by atoms with Crippen LogP contribution in [0.2, 0.25) is 0 Å². The second-order valence-electron chi connectivity index (χ2n) is 7.24. The standard InChI is InChI=1S/C23H23FN2O4S/c1-14(2)18-9-4-15(3)10-20(18)29-12-22(28)30-11-21(27)26-23-25-19(13-31-23)16-5-7-17(24)8-6-16/h4-10,13-14H,11-12H2,1-3H3,(H,25,26,27). The van der Waals surface area contributed by atoms with Crippen LogP contribution in [0.3, 0.4) is 0 Å². The summed E-state index contributed by atoms with van der Waals surface area (Å²) in [6, 6.07) is 11.7.